The van der Waals surface area contributed by atoms with Gasteiger partial charge in [0.25, 0.3) is 5.91 Å². The summed E-state index contributed by atoms with van der Waals surface area (Å²) in [5, 5.41) is 1.08. The smallest absolute Gasteiger partial charge is 0.270 e. The van der Waals surface area contributed by atoms with Crippen molar-refractivity contribution in [1.29, 1.82) is 0 Å². The van der Waals surface area contributed by atoms with Crippen LogP contribution in [0.4, 0.5) is 0 Å². The van der Waals surface area contributed by atoms with E-state index in [9.17, 15) is 4.79 Å². The molecule has 0 saturated carbocycles. The maximum atomic E-state index is 12.7. The molecule has 0 aliphatic heterocycles. The van der Waals surface area contributed by atoms with Crippen LogP contribution in [0.3, 0.4) is 0 Å². The van der Waals surface area contributed by atoms with Gasteiger partial charge >= 0.3 is 0 Å². The Labute approximate surface area is 143 Å². The van der Waals surface area contributed by atoms with E-state index in [2.05, 4.69) is 22.9 Å². The summed E-state index contributed by atoms with van der Waals surface area (Å²) < 4.78 is 8.64. The van der Waals surface area contributed by atoms with E-state index in [1.165, 1.54) is 0 Å². The molecule has 3 aromatic rings. The van der Waals surface area contributed by atoms with Crippen LogP contribution in [0.15, 0.2) is 45.4 Å². The van der Waals surface area contributed by atoms with Gasteiger partial charge in [0.15, 0.2) is 0 Å². The number of para-hydroxylation sites is 1. The zero-order valence-electron chi connectivity index (χ0n) is 13.5. The molecule has 4 nitrogen and oxygen atoms in total. The number of benzene rings is 1. The highest BCUT2D eigenvalue weighted by atomic mass is 79.9. The van der Waals surface area contributed by atoms with Crippen LogP contribution in [0.25, 0.3) is 11.0 Å². The molecule has 5 heteroatoms. The van der Waals surface area contributed by atoms with Gasteiger partial charge in [-0.2, -0.15) is 0 Å². The molecule has 1 amide bonds. The monoisotopic (exact) mass is 374 g/mol. The molecule has 2 aromatic heterocycles. The summed E-state index contributed by atoms with van der Waals surface area (Å²) in [6.07, 6.45) is 2.69. The zero-order valence-corrected chi connectivity index (χ0v) is 15.1. The lowest BCUT2D eigenvalue weighted by Gasteiger charge is -2.17. The van der Waals surface area contributed by atoms with E-state index in [1.54, 1.807) is 4.90 Å². The summed E-state index contributed by atoms with van der Waals surface area (Å²) in [6, 6.07) is 9.81. The average molecular weight is 375 g/mol. The zero-order chi connectivity index (χ0) is 16.6. The van der Waals surface area contributed by atoms with Gasteiger partial charge in [-0.3, -0.25) is 4.79 Å². The Kier molecular flexibility index (Phi) is 4.31. The summed E-state index contributed by atoms with van der Waals surface area (Å²) in [6.45, 7) is 2.60. The molecule has 0 atom stereocenters. The summed E-state index contributed by atoms with van der Waals surface area (Å²) >= 11 is 3.41. The molecule has 0 aliphatic rings. The summed E-state index contributed by atoms with van der Waals surface area (Å²) in [4.78, 5) is 14.4. The highest BCUT2D eigenvalue weighted by molar-refractivity contribution is 9.10. The highest BCUT2D eigenvalue weighted by Crippen LogP contribution is 2.27. The van der Waals surface area contributed by atoms with Gasteiger partial charge in [-0.05, 0) is 28.1 Å². The fourth-order valence-electron chi connectivity index (χ4n) is 2.85. The van der Waals surface area contributed by atoms with Crippen molar-refractivity contribution in [3.05, 3.63) is 58.0 Å². The van der Waals surface area contributed by atoms with Crippen LogP contribution < -0.4 is 0 Å². The molecule has 0 bridgehead atoms. The molecule has 23 heavy (non-hydrogen) atoms. The molecule has 120 valence electrons. The predicted molar refractivity (Wildman–Crippen MR) is 94.5 cm³/mol. The fraction of sp³-hybridized carbons (Fsp3) is 0.278. The lowest BCUT2D eigenvalue weighted by atomic mass is 10.1. The minimum Gasteiger partial charge on any atom is -0.461 e. The van der Waals surface area contributed by atoms with Crippen LogP contribution in [0.2, 0.25) is 0 Å². The van der Waals surface area contributed by atoms with Gasteiger partial charge in [-0.25, -0.2) is 0 Å². The van der Waals surface area contributed by atoms with Crippen molar-refractivity contribution in [3.63, 3.8) is 0 Å². The molecule has 0 fully saturated rings. The number of carbonyl (C=O) groups is 1. The fourth-order valence-corrected chi connectivity index (χ4v) is 3.37. The number of fused-ring (bicyclic) bond motifs is 1. The van der Waals surface area contributed by atoms with Crippen LogP contribution in [0.5, 0.6) is 0 Å². The molecule has 0 saturated heterocycles. The van der Waals surface area contributed by atoms with E-state index < -0.39 is 0 Å². The topological polar surface area (TPSA) is 38.4 Å². The third-order valence-corrected chi connectivity index (χ3v) is 4.47. The van der Waals surface area contributed by atoms with Gasteiger partial charge in [0.1, 0.15) is 17.0 Å². The van der Waals surface area contributed by atoms with E-state index in [0.717, 1.165) is 33.2 Å². The van der Waals surface area contributed by atoms with Gasteiger partial charge in [0, 0.05) is 48.7 Å². The first-order valence-corrected chi connectivity index (χ1v) is 8.37. The van der Waals surface area contributed by atoms with Crippen LogP contribution in [-0.4, -0.2) is 22.4 Å². The van der Waals surface area contributed by atoms with Crippen molar-refractivity contribution in [3.8, 4) is 0 Å². The minimum absolute atomic E-state index is 0.00876. The molecule has 0 N–H and O–H groups in total. The van der Waals surface area contributed by atoms with E-state index >= 15 is 0 Å². The summed E-state index contributed by atoms with van der Waals surface area (Å²) in [5.74, 6) is 0.935. The number of aromatic nitrogens is 1. The van der Waals surface area contributed by atoms with Crippen molar-refractivity contribution < 1.29 is 9.21 Å². The Morgan fingerprint density at radius 3 is 2.74 bits per heavy atom. The van der Waals surface area contributed by atoms with Gasteiger partial charge in [0.2, 0.25) is 0 Å². The second kappa shape index (κ2) is 6.24. The second-order valence-corrected chi connectivity index (χ2v) is 6.58. The second-order valence-electron chi connectivity index (χ2n) is 5.67. The first-order chi connectivity index (χ1) is 11.0. The molecule has 0 radical (unpaired) electrons. The average Bonchev–Trinajstić information content (AvgIpc) is 3.06. The lowest BCUT2D eigenvalue weighted by molar-refractivity contribution is 0.0775. The SMILES string of the molecule is CCc1oc2ccccc2c1CN(C)C(=O)c1cc(Br)cn1C. The molecule has 3 rings (SSSR count). The number of carbonyl (C=O) groups excluding carboxylic acids is 1. The number of aryl methyl sites for hydroxylation is 2. The number of amides is 1. The van der Waals surface area contributed by atoms with Crippen LogP contribution in [-0.2, 0) is 20.0 Å². The Morgan fingerprint density at radius 1 is 1.35 bits per heavy atom. The molecular formula is C18H19BrN2O2. The summed E-state index contributed by atoms with van der Waals surface area (Å²) in [7, 11) is 3.70. The predicted octanol–water partition coefficient (Wildman–Crippen LogP) is 4.37. The Hall–Kier alpha value is -2.01. The van der Waals surface area contributed by atoms with Crippen molar-refractivity contribution in [2.45, 2.75) is 19.9 Å². The molecular weight excluding hydrogens is 356 g/mol. The summed E-state index contributed by atoms with van der Waals surface area (Å²) in [5.41, 5.74) is 2.62. The normalized spacial score (nSPS) is 11.1. The van der Waals surface area contributed by atoms with Crippen LogP contribution in [0, 0.1) is 0 Å². The highest BCUT2D eigenvalue weighted by Gasteiger charge is 2.20. The van der Waals surface area contributed by atoms with Crippen molar-refractivity contribution in [2.75, 3.05) is 7.05 Å². The molecule has 1 aromatic carbocycles. The molecule has 0 unspecified atom stereocenters. The van der Waals surface area contributed by atoms with E-state index in [4.69, 9.17) is 4.42 Å². The quantitative estimate of drug-likeness (QED) is 0.679. The van der Waals surface area contributed by atoms with Crippen LogP contribution >= 0.6 is 15.9 Å². The first-order valence-electron chi connectivity index (χ1n) is 7.58. The van der Waals surface area contributed by atoms with E-state index in [0.29, 0.717) is 12.2 Å². The maximum Gasteiger partial charge on any atom is 0.270 e. The van der Waals surface area contributed by atoms with Gasteiger partial charge in [0.05, 0.1) is 0 Å². The molecule has 0 aliphatic carbocycles. The number of furan rings is 1. The number of hydrogen-bond donors (Lipinski definition) is 0. The van der Waals surface area contributed by atoms with Crippen LogP contribution in [0.1, 0.15) is 28.7 Å². The minimum atomic E-state index is -0.00876. The van der Waals surface area contributed by atoms with Crippen molar-refractivity contribution in [1.82, 2.24) is 9.47 Å². The Bertz CT molecular complexity index is 863. The standard InChI is InChI=1S/C18H19BrN2O2/c1-4-16-14(13-7-5-6-8-17(13)23-16)11-21(3)18(22)15-9-12(19)10-20(15)2/h5-10H,4,11H2,1-3H3. The Morgan fingerprint density at radius 2 is 2.09 bits per heavy atom. The Balaban J connectivity index is 1.92. The number of nitrogens with zero attached hydrogens (tertiary/aromatic N) is 2. The van der Waals surface area contributed by atoms with Crippen molar-refractivity contribution in [2.24, 2.45) is 7.05 Å². The lowest BCUT2D eigenvalue weighted by Crippen LogP contribution is -2.28. The van der Waals surface area contributed by atoms with Gasteiger partial charge in [-0.1, -0.05) is 25.1 Å². The molecule has 2 heterocycles. The van der Waals surface area contributed by atoms with Crippen molar-refractivity contribution >= 4 is 32.8 Å². The van der Waals surface area contributed by atoms with Gasteiger partial charge < -0.3 is 13.9 Å². The first kappa shape index (κ1) is 15.9. The molecule has 0 spiro atoms. The number of rotatable bonds is 4. The number of halogens is 1. The third kappa shape index (κ3) is 2.93. The number of hydrogen-bond acceptors (Lipinski definition) is 2. The van der Waals surface area contributed by atoms with E-state index in [1.807, 2.05) is 55.2 Å². The van der Waals surface area contributed by atoms with E-state index in [-0.39, 0.29) is 5.91 Å². The largest absolute Gasteiger partial charge is 0.461 e. The third-order valence-electron chi connectivity index (χ3n) is 4.04. The maximum absolute atomic E-state index is 12.7. The van der Waals surface area contributed by atoms with Gasteiger partial charge in [-0.15, -0.1) is 0 Å².